The van der Waals surface area contributed by atoms with Gasteiger partial charge >= 0.3 is 6.03 Å². The second kappa shape index (κ2) is 9.95. The molecule has 1 aliphatic heterocycles. The smallest absolute Gasteiger partial charge is 0.315 e. The average molecular weight is 434 g/mol. The maximum Gasteiger partial charge on any atom is 0.315 e. The lowest BCUT2D eigenvalue weighted by Crippen LogP contribution is -2.48. The molecule has 0 saturated carbocycles. The maximum absolute atomic E-state index is 12.3. The molecule has 1 aliphatic rings. The largest absolute Gasteiger partial charge is 0.368 e. The minimum atomic E-state index is -0.268. The van der Waals surface area contributed by atoms with Crippen molar-refractivity contribution in [3.63, 3.8) is 0 Å². The molecule has 0 radical (unpaired) electrons. The highest BCUT2D eigenvalue weighted by Gasteiger charge is 2.20. The summed E-state index contributed by atoms with van der Waals surface area (Å²) in [5, 5.41) is 14.0. The van der Waals surface area contributed by atoms with Crippen molar-refractivity contribution in [2.24, 2.45) is 0 Å². The van der Waals surface area contributed by atoms with Gasteiger partial charge in [-0.05, 0) is 23.8 Å². The first-order valence-corrected chi connectivity index (χ1v) is 10.7. The number of para-hydroxylation sites is 2. The summed E-state index contributed by atoms with van der Waals surface area (Å²) in [6.45, 7) is 5.27. The third kappa shape index (κ3) is 5.23. The number of benzene rings is 2. The SMILES string of the molecule is CC(=O)N1CCN(c2ccccc2CNC(=O)NCc2cn(-c3ccccc3)nn2)CC1. The third-order valence-corrected chi connectivity index (χ3v) is 5.49. The van der Waals surface area contributed by atoms with E-state index in [0.717, 1.165) is 30.0 Å². The Morgan fingerprint density at radius 2 is 1.59 bits per heavy atom. The van der Waals surface area contributed by atoms with E-state index in [1.807, 2.05) is 53.4 Å². The number of anilines is 1. The van der Waals surface area contributed by atoms with Crippen molar-refractivity contribution in [3.05, 3.63) is 72.1 Å². The molecule has 1 saturated heterocycles. The topological polar surface area (TPSA) is 95.4 Å². The first-order valence-electron chi connectivity index (χ1n) is 10.7. The third-order valence-electron chi connectivity index (χ3n) is 5.49. The molecule has 4 rings (SSSR count). The van der Waals surface area contributed by atoms with Gasteiger partial charge in [0.1, 0.15) is 5.69 Å². The van der Waals surface area contributed by atoms with Crippen LogP contribution < -0.4 is 15.5 Å². The Hall–Kier alpha value is -3.88. The van der Waals surface area contributed by atoms with Crippen molar-refractivity contribution in [2.45, 2.75) is 20.0 Å². The molecular formula is C23H27N7O2. The molecule has 1 fully saturated rings. The normalized spacial score (nSPS) is 13.7. The van der Waals surface area contributed by atoms with Gasteiger partial charge < -0.3 is 20.4 Å². The highest BCUT2D eigenvalue weighted by molar-refractivity contribution is 5.74. The van der Waals surface area contributed by atoms with E-state index in [1.165, 1.54) is 0 Å². The van der Waals surface area contributed by atoms with Crippen LogP contribution in [0, 0.1) is 0 Å². The zero-order valence-electron chi connectivity index (χ0n) is 18.1. The molecule has 3 amide bonds. The van der Waals surface area contributed by atoms with Gasteiger partial charge in [0.05, 0.1) is 18.4 Å². The molecule has 9 heteroatoms. The fourth-order valence-electron chi connectivity index (χ4n) is 3.73. The molecule has 2 N–H and O–H groups in total. The molecular weight excluding hydrogens is 406 g/mol. The number of urea groups is 1. The summed E-state index contributed by atoms with van der Waals surface area (Å²) in [6, 6.07) is 17.4. The van der Waals surface area contributed by atoms with Gasteiger partial charge in [-0.25, -0.2) is 9.48 Å². The van der Waals surface area contributed by atoms with Crippen LogP contribution in [0.4, 0.5) is 10.5 Å². The Kier molecular flexibility index (Phi) is 6.64. The number of piperazine rings is 1. The molecule has 0 bridgehead atoms. The van der Waals surface area contributed by atoms with E-state index in [-0.39, 0.29) is 18.5 Å². The quantitative estimate of drug-likeness (QED) is 0.620. The molecule has 3 aromatic rings. The second-order valence-electron chi connectivity index (χ2n) is 7.65. The number of aromatic nitrogens is 3. The van der Waals surface area contributed by atoms with E-state index in [0.29, 0.717) is 25.3 Å². The fraction of sp³-hybridized carbons (Fsp3) is 0.304. The van der Waals surface area contributed by atoms with Crippen LogP contribution in [0.25, 0.3) is 5.69 Å². The van der Waals surface area contributed by atoms with E-state index in [2.05, 4.69) is 31.9 Å². The molecule has 0 aliphatic carbocycles. The molecule has 0 spiro atoms. The highest BCUT2D eigenvalue weighted by Crippen LogP contribution is 2.22. The number of hydrogen-bond donors (Lipinski definition) is 2. The molecule has 166 valence electrons. The van der Waals surface area contributed by atoms with Crippen LogP contribution in [-0.2, 0) is 17.9 Å². The lowest BCUT2D eigenvalue weighted by atomic mass is 10.1. The lowest BCUT2D eigenvalue weighted by molar-refractivity contribution is -0.129. The summed E-state index contributed by atoms with van der Waals surface area (Å²) < 4.78 is 1.68. The van der Waals surface area contributed by atoms with Gasteiger partial charge in [-0.1, -0.05) is 41.6 Å². The lowest BCUT2D eigenvalue weighted by Gasteiger charge is -2.36. The van der Waals surface area contributed by atoms with Gasteiger partial charge in [0.25, 0.3) is 0 Å². The van der Waals surface area contributed by atoms with Gasteiger partial charge in [-0.3, -0.25) is 4.79 Å². The Bertz CT molecular complexity index is 1060. The van der Waals surface area contributed by atoms with Crippen LogP contribution in [0.5, 0.6) is 0 Å². The molecule has 2 heterocycles. The van der Waals surface area contributed by atoms with Crippen LogP contribution in [-0.4, -0.2) is 58.0 Å². The average Bonchev–Trinajstić information content (AvgIpc) is 3.31. The van der Waals surface area contributed by atoms with Crippen molar-refractivity contribution in [3.8, 4) is 5.69 Å². The highest BCUT2D eigenvalue weighted by atomic mass is 16.2. The summed E-state index contributed by atoms with van der Waals surface area (Å²) in [5.41, 5.74) is 3.71. The number of hydrogen-bond acceptors (Lipinski definition) is 5. The van der Waals surface area contributed by atoms with Gasteiger partial charge in [0.2, 0.25) is 5.91 Å². The monoisotopic (exact) mass is 433 g/mol. The van der Waals surface area contributed by atoms with E-state index >= 15 is 0 Å². The molecule has 32 heavy (non-hydrogen) atoms. The first-order chi connectivity index (χ1) is 15.6. The zero-order valence-corrected chi connectivity index (χ0v) is 18.1. The van der Waals surface area contributed by atoms with Gasteiger partial charge in [0, 0.05) is 45.3 Å². The van der Waals surface area contributed by atoms with Crippen LogP contribution in [0.3, 0.4) is 0 Å². The number of rotatable bonds is 6. The number of carbonyl (C=O) groups is 2. The van der Waals surface area contributed by atoms with E-state index in [9.17, 15) is 9.59 Å². The number of nitrogens with one attached hydrogen (secondary N) is 2. The Labute approximate surface area is 187 Å². The van der Waals surface area contributed by atoms with Crippen molar-refractivity contribution >= 4 is 17.6 Å². The fourth-order valence-corrected chi connectivity index (χ4v) is 3.73. The van der Waals surface area contributed by atoms with Crippen molar-refractivity contribution in [2.75, 3.05) is 31.1 Å². The zero-order chi connectivity index (χ0) is 22.3. The second-order valence-corrected chi connectivity index (χ2v) is 7.65. The van der Waals surface area contributed by atoms with Crippen LogP contribution in [0.15, 0.2) is 60.8 Å². The van der Waals surface area contributed by atoms with Crippen molar-refractivity contribution in [1.29, 1.82) is 0 Å². The minimum Gasteiger partial charge on any atom is -0.368 e. The summed E-state index contributed by atoms with van der Waals surface area (Å²) in [4.78, 5) is 28.0. The van der Waals surface area contributed by atoms with Gasteiger partial charge in [-0.2, -0.15) is 0 Å². The van der Waals surface area contributed by atoms with Crippen LogP contribution >= 0.6 is 0 Å². The Morgan fingerprint density at radius 3 is 2.34 bits per heavy atom. The number of nitrogens with zero attached hydrogens (tertiary/aromatic N) is 5. The summed E-state index contributed by atoms with van der Waals surface area (Å²) >= 11 is 0. The van der Waals surface area contributed by atoms with Gasteiger partial charge in [0.15, 0.2) is 0 Å². The molecule has 0 unspecified atom stereocenters. The number of carbonyl (C=O) groups excluding carboxylic acids is 2. The molecule has 2 aromatic carbocycles. The van der Waals surface area contributed by atoms with Crippen LogP contribution in [0.1, 0.15) is 18.2 Å². The Morgan fingerprint density at radius 1 is 0.906 bits per heavy atom. The standard InChI is InChI=1S/C23H27N7O2/c1-18(31)28-11-13-29(14-12-28)22-10-6-5-7-19(22)15-24-23(32)25-16-20-17-30(27-26-20)21-8-3-2-4-9-21/h2-10,17H,11-16H2,1H3,(H2,24,25,32). The van der Waals surface area contributed by atoms with Gasteiger partial charge in [-0.15, -0.1) is 5.10 Å². The molecule has 9 nitrogen and oxygen atoms in total. The van der Waals surface area contributed by atoms with Crippen molar-refractivity contribution in [1.82, 2.24) is 30.5 Å². The predicted molar refractivity (Wildman–Crippen MR) is 121 cm³/mol. The van der Waals surface area contributed by atoms with Crippen LogP contribution in [0.2, 0.25) is 0 Å². The Balaban J connectivity index is 1.29. The first kappa shape index (κ1) is 21.4. The molecule has 0 atom stereocenters. The van der Waals surface area contributed by atoms with E-state index in [4.69, 9.17) is 0 Å². The predicted octanol–water partition coefficient (Wildman–Crippen LogP) is 1.94. The maximum atomic E-state index is 12.3. The minimum absolute atomic E-state index is 0.111. The van der Waals surface area contributed by atoms with E-state index in [1.54, 1.807) is 17.8 Å². The van der Waals surface area contributed by atoms with E-state index < -0.39 is 0 Å². The summed E-state index contributed by atoms with van der Waals surface area (Å²) in [6.07, 6.45) is 1.80. The van der Waals surface area contributed by atoms with Crippen molar-refractivity contribution < 1.29 is 9.59 Å². The summed E-state index contributed by atoms with van der Waals surface area (Å²) in [7, 11) is 0. The molecule has 1 aromatic heterocycles. The summed E-state index contributed by atoms with van der Waals surface area (Å²) in [5.74, 6) is 0.111. The number of amides is 3.